The zero-order chi connectivity index (χ0) is 18.8. The molecule has 0 saturated carbocycles. The van der Waals surface area contributed by atoms with Gasteiger partial charge in [-0.2, -0.15) is 5.10 Å². The van der Waals surface area contributed by atoms with Crippen LogP contribution in [0.3, 0.4) is 0 Å². The fraction of sp³-hybridized carbons (Fsp3) is 0.0952. The summed E-state index contributed by atoms with van der Waals surface area (Å²) in [4.78, 5) is 16.6. The Balaban J connectivity index is 1.95. The van der Waals surface area contributed by atoms with Gasteiger partial charge in [-0.05, 0) is 49.4 Å². The number of hydrogen-bond acceptors (Lipinski definition) is 4. The third kappa shape index (κ3) is 3.17. The Kier molecular flexibility index (Phi) is 4.38. The summed E-state index contributed by atoms with van der Waals surface area (Å²) in [6, 6.07) is 17.4. The van der Waals surface area contributed by atoms with Gasteiger partial charge < -0.3 is 4.74 Å². The minimum Gasteiger partial charge on any atom is -0.462 e. The van der Waals surface area contributed by atoms with Crippen LogP contribution in [0.1, 0.15) is 17.3 Å². The maximum atomic E-state index is 13.3. The summed E-state index contributed by atoms with van der Waals surface area (Å²) in [5.41, 5.74) is 3.15. The van der Waals surface area contributed by atoms with E-state index >= 15 is 0 Å². The Morgan fingerprint density at radius 1 is 1.11 bits per heavy atom. The number of carbonyl (C=O) groups excluding carboxylic acids is 1. The van der Waals surface area contributed by atoms with E-state index in [-0.39, 0.29) is 12.4 Å². The molecule has 2 aromatic carbocycles. The summed E-state index contributed by atoms with van der Waals surface area (Å²) in [6.45, 7) is 2.03. The highest BCUT2D eigenvalue weighted by Crippen LogP contribution is 2.29. The van der Waals surface area contributed by atoms with Crippen LogP contribution in [0.25, 0.3) is 28.0 Å². The number of carbonyl (C=O) groups is 1. The number of para-hydroxylation sites is 1. The lowest BCUT2D eigenvalue weighted by molar-refractivity contribution is 0.0526. The minimum atomic E-state index is -0.440. The molecule has 0 unspecified atom stereocenters. The Bertz CT molecular complexity index is 1110. The molecule has 0 fully saturated rings. The van der Waals surface area contributed by atoms with Gasteiger partial charge in [0.05, 0.1) is 17.9 Å². The Morgan fingerprint density at radius 2 is 1.85 bits per heavy atom. The normalized spacial score (nSPS) is 10.9. The summed E-state index contributed by atoms with van der Waals surface area (Å²) in [5.74, 6) is -0.764. The van der Waals surface area contributed by atoms with E-state index in [2.05, 4.69) is 10.1 Å². The van der Waals surface area contributed by atoms with Gasteiger partial charge in [0.2, 0.25) is 0 Å². The van der Waals surface area contributed by atoms with E-state index in [0.29, 0.717) is 22.3 Å². The smallest absolute Gasteiger partial charge is 0.339 e. The third-order valence-corrected chi connectivity index (χ3v) is 4.15. The number of pyridine rings is 1. The summed E-state index contributed by atoms with van der Waals surface area (Å²) >= 11 is 0. The highest BCUT2D eigenvalue weighted by molar-refractivity contribution is 5.98. The predicted molar refractivity (Wildman–Crippen MR) is 100 cm³/mol. The predicted octanol–water partition coefficient (Wildman–Crippen LogP) is 4.40. The van der Waals surface area contributed by atoms with E-state index in [1.165, 1.54) is 18.3 Å². The Hall–Kier alpha value is -3.54. The fourth-order valence-corrected chi connectivity index (χ4v) is 2.90. The molecule has 134 valence electrons. The number of halogens is 1. The van der Waals surface area contributed by atoms with Crippen molar-refractivity contribution in [2.45, 2.75) is 6.92 Å². The Labute approximate surface area is 155 Å². The molecular weight excluding hydrogens is 345 g/mol. The maximum Gasteiger partial charge on any atom is 0.339 e. The number of esters is 1. The first kappa shape index (κ1) is 16.9. The molecule has 4 rings (SSSR count). The second-order valence-corrected chi connectivity index (χ2v) is 5.92. The molecule has 0 atom stereocenters. The van der Waals surface area contributed by atoms with Crippen molar-refractivity contribution in [3.63, 3.8) is 0 Å². The lowest BCUT2D eigenvalue weighted by Crippen LogP contribution is -2.05. The third-order valence-electron chi connectivity index (χ3n) is 4.15. The molecule has 2 aromatic heterocycles. The molecule has 4 aromatic rings. The zero-order valence-corrected chi connectivity index (χ0v) is 14.6. The van der Waals surface area contributed by atoms with Crippen LogP contribution in [0.2, 0.25) is 0 Å². The molecule has 0 spiro atoms. The van der Waals surface area contributed by atoms with Gasteiger partial charge in [-0.3, -0.25) is 0 Å². The molecule has 0 aliphatic carbocycles. The van der Waals surface area contributed by atoms with Gasteiger partial charge in [-0.15, -0.1) is 0 Å². The Morgan fingerprint density at radius 3 is 2.56 bits per heavy atom. The van der Waals surface area contributed by atoms with Crippen LogP contribution in [-0.2, 0) is 4.74 Å². The molecule has 0 saturated heterocycles. The first-order valence-corrected chi connectivity index (χ1v) is 8.54. The number of aromatic nitrogens is 3. The largest absolute Gasteiger partial charge is 0.462 e. The molecule has 0 amide bonds. The van der Waals surface area contributed by atoms with E-state index in [1.807, 2.05) is 30.3 Å². The van der Waals surface area contributed by atoms with Crippen LogP contribution in [-0.4, -0.2) is 27.3 Å². The highest BCUT2D eigenvalue weighted by Gasteiger charge is 2.18. The number of benzene rings is 2. The van der Waals surface area contributed by atoms with Crippen LogP contribution in [0.15, 0.2) is 66.9 Å². The average Bonchev–Trinajstić information content (AvgIpc) is 3.08. The SMILES string of the molecule is CCOC(=O)c1cnc2c(c1)c(-c1ccc(F)cc1)nn2-c1ccccc1. The number of fused-ring (bicyclic) bond motifs is 1. The molecule has 0 radical (unpaired) electrons. The van der Waals surface area contributed by atoms with Gasteiger partial charge in [0.1, 0.15) is 11.5 Å². The highest BCUT2D eigenvalue weighted by atomic mass is 19.1. The first-order valence-electron chi connectivity index (χ1n) is 8.54. The van der Waals surface area contributed by atoms with Crippen LogP contribution in [0.5, 0.6) is 0 Å². The second-order valence-electron chi connectivity index (χ2n) is 5.92. The fourth-order valence-electron chi connectivity index (χ4n) is 2.90. The van der Waals surface area contributed by atoms with Gasteiger partial charge >= 0.3 is 5.97 Å². The van der Waals surface area contributed by atoms with Crippen molar-refractivity contribution in [1.29, 1.82) is 0 Å². The summed E-state index contributed by atoms with van der Waals surface area (Å²) < 4.78 is 20.1. The number of nitrogens with zero attached hydrogens (tertiary/aromatic N) is 3. The topological polar surface area (TPSA) is 57.0 Å². The van der Waals surface area contributed by atoms with Crippen LogP contribution >= 0.6 is 0 Å². The lowest BCUT2D eigenvalue weighted by atomic mass is 10.1. The molecule has 5 nitrogen and oxygen atoms in total. The van der Waals surface area contributed by atoms with Crippen molar-refractivity contribution < 1.29 is 13.9 Å². The van der Waals surface area contributed by atoms with Crippen molar-refractivity contribution in [3.8, 4) is 16.9 Å². The standard InChI is InChI=1S/C21H16FN3O2/c1-2-27-21(26)15-12-18-19(14-8-10-16(22)11-9-14)24-25(20(18)23-13-15)17-6-4-3-5-7-17/h3-13H,2H2,1H3. The second kappa shape index (κ2) is 6.99. The first-order chi connectivity index (χ1) is 13.2. The zero-order valence-electron chi connectivity index (χ0n) is 14.6. The number of ether oxygens (including phenoxy) is 1. The summed E-state index contributed by atoms with van der Waals surface area (Å²) in [5, 5.41) is 5.38. The van der Waals surface area contributed by atoms with E-state index in [0.717, 1.165) is 11.3 Å². The quantitative estimate of drug-likeness (QED) is 0.506. The van der Waals surface area contributed by atoms with Crippen LogP contribution in [0, 0.1) is 5.82 Å². The van der Waals surface area contributed by atoms with Gasteiger partial charge in [-0.25, -0.2) is 18.9 Å². The van der Waals surface area contributed by atoms with Crippen LogP contribution < -0.4 is 0 Å². The molecule has 6 heteroatoms. The van der Waals surface area contributed by atoms with Gasteiger partial charge in [0, 0.05) is 17.1 Å². The molecule has 0 N–H and O–H groups in total. The molecular formula is C21H16FN3O2. The van der Waals surface area contributed by atoms with Crippen molar-refractivity contribution >= 4 is 17.0 Å². The van der Waals surface area contributed by atoms with E-state index in [1.54, 1.807) is 29.8 Å². The minimum absolute atomic E-state index is 0.283. The van der Waals surface area contributed by atoms with Crippen molar-refractivity contribution in [1.82, 2.24) is 14.8 Å². The average molecular weight is 361 g/mol. The van der Waals surface area contributed by atoms with Gasteiger partial charge in [0.15, 0.2) is 5.65 Å². The van der Waals surface area contributed by atoms with E-state index in [9.17, 15) is 9.18 Å². The number of rotatable bonds is 4. The van der Waals surface area contributed by atoms with Gasteiger partial charge in [0.25, 0.3) is 0 Å². The molecule has 0 aliphatic heterocycles. The molecule has 0 bridgehead atoms. The monoisotopic (exact) mass is 361 g/mol. The van der Waals surface area contributed by atoms with Crippen molar-refractivity contribution in [2.75, 3.05) is 6.61 Å². The molecule has 2 heterocycles. The molecule has 0 aliphatic rings. The number of hydrogen-bond donors (Lipinski definition) is 0. The summed E-state index contributed by atoms with van der Waals surface area (Å²) in [7, 11) is 0. The van der Waals surface area contributed by atoms with E-state index in [4.69, 9.17) is 4.74 Å². The lowest BCUT2D eigenvalue weighted by Gasteiger charge is -2.03. The van der Waals surface area contributed by atoms with Gasteiger partial charge in [-0.1, -0.05) is 18.2 Å². The van der Waals surface area contributed by atoms with Crippen molar-refractivity contribution in [3.05, 3.63) is 78.2 Å². The van der Waals surface area contributed by atoms with E-state index < -0.39 is 5.97 Å². The molecule has 27 heavy (non-hydrogen) atoms. The maximum absolute atomic E-state index is 13.3. The van der Waals surface area contributed by atoms with Crippen molar-refractivity contribution in [2.24, 2.45) is 0 Å². The summed E-state index contributed by atoms with van der Waals surface area (Å²) in [6.07, 6.45) is 1.48. The van der Waals surface area contributed by atoms with Crippen LogP contribution in [0.4, 0.5) is 4.39 Å².